The summed E-state index contributed by atoms with van der Waals surface area (Å²) in [6.07, 6.45) is 4.28. The van der Waals surface area contributed by atoms with Crippen LogP contribution in [0, 0.1) is 5.92 Å². The van der Waals surface area contributed by atoms with Gasteiger partial charge in [0.2, 0.25) is 5.91 Å². The first kappa shape index (κ1) is 24.2. The Labute approximate surface area is 195 Å². The van der Waals surface area contributed by atoms with Gasteiger partial charge in [-0.15, -0.1) is 0 Å². The first-order valence-electron chi connectivity index (χ1n) is 11.2. The van der Waals surface area contributed by atoms with Gasteiger partial charge in [0.05, 0.1) is 27.0 Å². The second-order valence-electron chi connectivity index (χ2n) is 8.41. The Morgan fingerprint density at radius 1 is 1.15 bits per heavy atom. The summed E-state index contributed by atoms with van der Waals surface area (Å²) in [5.41, 5.74) is 1.37. The van der Waals surface area contributed by atoms with Crippen molar-refractivity contribution in [1.82, 2.24) is 5.01 Å². The van der Waals surface area contributed by atoms with Gasteiger partial charge in [0, 0.05) is 18.3 Å². The lowest BCUT2D eigenvalue weighted by Gasteiger charge is -2.32. The largest absolute Gasteiger partial charge is 0.504 e. The van der Waals surface area contributed by atoms with Crippen LogP contribution in [0.2, 0.25) is 0 Å². The number of hydrazone groups is 1. The van der Waals surface area contributed by atoms with Gasteiger partial charge in [-0.1, -0.05) is 13.8 Å². The van der Waals surface area contributed by atoms with E-state index in [1.165, 1.54) is 7.11 Å². The minimum Gasteiger partial charge on any atom is -0.504 e. The summed E-state index contributed by atoms with van der Waals surface area (Å²) in [6.45, 7) is 5.38. The molecule has 0 aromatic heterocycles. The van der Waals surface area contributed by atoms with E-state index in [2.05, 4.69) is 24.3 Å². The van der Waals surface area contributed by atoms with Crippen molar-refractivity contribution < 1.29 is 24.1 Å². The van der Waals surface area contributed by atoms with Crippen molar-refractivity contribution in [2.24, 2.45) is 11.0 Å². The van der Waals surface area contributed by atoms with Crippen molar-refractivity contribution in [2.75, 3.05) is 32.7 Å². The number of ether oxygens (including phenoxy) is 3. The van der Waals surface area contributed by atoms with Gasteiger partial charge in [-0.2, -0.15) is 5.10 Å². The van der Waals surface area contributed by atoms with Gasteiger partial charge < -0.3 is 24.6 Å². The number of phenols is 1. The maximum Gasteiger partial charge on any atom is 0.248 e. The van der Waals surface area contributed by atoms with Gasteiger partial charge in [-0.05, 0) is 61.1 Å². The lowest BCUT2D eigenvalue weighted by molar-refractivity contribution is -0.122. The summed E-state index contributed by atoms with van der Waals surface area (Å²) in [5, 5.41) is 19.3. The number of piperidine rings is 1. The molecule has 3 rings (SSSR count). The van der Waals surface area contributed by atoms with E-state index < -0.39 is 0 Å². The van der Waals surface area contributed by atoms with Crippen molar-refractivity contribution in [3.05, 3.63) is 42.0 Å². The molecule has 1 aliphatic rings. The predicted molar refractivity (Wildman–Crippen MR) is 129 cm³/mol. The normalized spacial score (nSPS) is 16.2. The topological polar surface area (TPSA) is 92.6 Å². The monoisotopic (exact) mass is 455 g/mol. The molecular weight excluding hydrogens is 422 g/mol. The number of methoxy groups -OCH3 is 2. The number of aromatic hydroxyl groups is 1. The molecule has 2 aromatic carbocycles. The smallest absolute Gasteiger partial charge is 0.248 e. The standard InChI is InChI=1S/C25H33N3O5/c1-17(2)16-33-24-14-19(9-11-23(24)32-4)27-25(30)20-7-5-6-12-28(20)26-15-18-8-10-22(31-3)21(29)13-18/h8-11,13-15,17,20,29H,5-7,12,16H2,1-4H3,(H,27,30)/b26-15+. The SMILES string of the molecule is COc1ccc(/C=N/N2CCCCC2C(=O)Nc2ccc(OC)c(OCC(C)C)c2)cc1O. The van der Waals surface area contributed by atoms with E-state index in [9.17, 15) is 9.90 Å². The summed E-state index contributed by atoms with van der Waals surface area (Å²) in [4.78, 5) is 13.1. The third-order valence-corrected chi connectivity index (χ3v) is 5.34. The molecule has 1 heterocycles. The highest BCUT2D eigenvalue weighted by molar-refractivity contribution is 5.95. The minimum atomic E-state index is -0.385. The third kappa shape index (κ3) is 6.54. The fourth-order valence-corrected chi connectivity index (χ4v) is 3.60. The Bertz CT molecular complexity index is 977. The zero-order chi connectivity index (χ0) is 23.8. The molecule has 0 spiro atoms. The van der Waals surface area contributed by atoms with Gasteiger partial charge in [-0.25, -0.2) is 0 Å². The Morgan fingerprint density at radius 2 is 1.91 bits per heavy atom. The number of carbonyl (C=O) groups is 1. The summed E-state index contributed by atoms with van der Waals surface area (Å²) in [7, 11) is 3.10. The average Bonchev–Trinajstić information content (AvgIpc) is 2.81. The zero-order valence-corrected chi connectivity index (χ0v) is 19.7. The molecule has 178 valence electrons. The van der Waals surface area contributed by atoms with Gasteiger partial charge in [0.25, 0.3) is 0 Å². The number of anilines is 1. The summed E-state index contributed by atoms with van der Waals surface area (Å²) < 4.78 is 16.3. The van der Waals surface area contributed by atoms with Crippen molar-refractivity contribution in [3.63, 3.8) is 0 Å². The Balaban J connectivity index is 1.71. The van der Waals surface area contributed by atoms with Crippen LogP contribution >= 0.6 is 0 Å². The first-order chi connectivity index (χ1) is 15.9. The van der Waals surface area contributed by atoms with Crippen LogP contribution in [-0.2, 0) is 4.79 Å². The summed E-state index contributed by atoms with van der Waals surface area (Å²) >= 11 is 0. The average molecular weight is 456 g/mol. The maximum atomic E-state index is 13.1. The number of benzene rings is 2. The fourth-order valence-electron chi connectivity index (χ4n) is 3.60. The zero-order valence-electron chi connectivity index (χ0n) is 19.7. The molecule has 1 fully saturated rings. The van der Waals surface area contributed by atoms with Crippen LogP contribution in [0.5, 0.6) is 23.0 Å². The number of hydrogen-bond donors (Lipinski definition) is 2. The van der Waals surface area contributed by atoms with Crippen LogP contribution < -0.4 is 19.5 Å². The Kier molecular flexibility index (Phi) is 8.40. The van der Waals surface area contributed by atoms with Crippen molar-refractivity contribution in [1.29, 1.82) is 0 Å². The number of carbonyl (C=O) groups excluding carboxylic acids is 1. The highest BCUT2D eigenvalue weighted by Crippen LogP contribution is 2.31. The number of phenolic OH excluding ortho intramolecular Hbond substituents is 1. The first-order valence-corrected chi connectivity index (χ1v) is 11.2. The van der Waals surface area contributed by atoms with Gasteiger partial charge >= 0.3 is 0 Å². The van der Waals surface area contributed by atoms with E-state index >= 15 is 0 Å². The van der Waals surface area contributed by atoms with Gasteiger partial charge in [0.15, 0.2) is 23.0 Å². The van der Waals surface area contributed by atoms with Crippen molar-refractivity contribution >= 4 is 17.8 Å². The minimum absolute atomic E-state index is 0.0457. The molecule has 1 unspecified atom stereocenters. The molecular formula is C25H33N3O5. The number of amides is 1. The lowest BCUT2D eigenvalue weighted by atomic mass is 10.0. The molecule has 0 aliphatic carbocycles. The molecule has 0 bridgehead atoms. The summed E-state index contributed by atoms with van der Waals surface area (Å²) in [5.74, 6) is 1.92. The highest BCUT2D eigenvalue weighted by atomic mass is 16.5. The van der Waals surface area contributed by atoms with E-state index in [4.69, 9.17) is 14.2 Å². The fraction of sp³-hybridized carbons (Fsp3) is 0.440. The van der Waals surface area contributed by atoms with E-state index in [-0.39, 0.29) is 17.7 Å². The second-order valence-corrected chi connectivity index (χ2v) is 8.41. The third-order valence-electron chi connectivity index (χ3n) is 5.34. The van der Waals surface area contributed by atoms with Crippen LogP contribution in [0.4, 0.5) is 5.69 Å². The molecule has 1 atom stereocenters. The predicted octanol–water partition coefficient (Wildman–Crippen LogP) is 4.27. The van der Waals surface area contributed by atoms with Crippen molar-refractivity contribution in [3.8, 4) is 23.0 Å². The van der Waals surface area contributed by atoms with Crippen LogP contribution in [0.3, 0.4) is 0 Å². The number of rotatable bonds is 9. The van der Waals surface area contributed by atoms with Crippen LogP contribution in [0.1, 0.15) is 38.7 Å². The van der Waals surface area contributed by atoms with E-state index in [0.29, 0.717) is 48.4 Å². The molecule has 1 saturated heterocycles. The van der Waals surface area contributed by atoms with Crippen molar-refractivity contribution in [2.45, 2.75) is 39.2 Å². The molecule has 1 amide bonds. The molecule has 0 saturated carbocycles. The number of hydrogen-bond acceptors (Lipinski definition) is 7. The van der Waals surface area contributed by atoms with Crippen LogP contribution in [0.15, 0.2) is 41.5 Å². The van der Waals surface area contributed by atoms with Crippen LogP contribution in [0.25, 0.3) is 0 Å². The molecule has 1 aliphatic heterocycles. The maximum absolute atomic E-state index is 13.1. The molecule has 33 heavy (non-hydrogen) atoms. The van der Waals surface area contributed by atoms with E-state index in [1.807, 2.05) is 0 Å². The van der Waals surface area contributed by atoms with Gasteiger partial charge in [-0.3, -0.25) is 9.80 Å². The number of nitrogens with zero attached hydrogens (tertiary/aromatic N) is 2. The van der Waals surface area contributed by atoms with E-state index in [0.717, 1.165) is 18.4 Å². The quantitative estimate of drug-likeness (QED) is 0.549. The molecule has 8 nitrogen and oxygen atoms in total. The van der Waals surface area contributed by atoms with Gasteiger partial charge in [0.1, 0.15) is 6.04 Å². The Hall–Kier alpha value is -3.42. The second kappa shape index (κ2) is 11.4. The number of nitrogens with one attached hydrogen (secondary N) is 1. The Morgan fingerprint density at radius 3 is 2.61 bits per heavy atom. The lowest BCUT2D eigenvalue weighted by Crippen LogP contribution is -2.44. The van der Waals surface area contributed by atoms with Crippen LogP contribution in [-0.4, -0.2) is 55.7 Å². The molecule has 2 aromatic rings. The highest BCUT2D eigenvalue weighted by Gasteiger charge is 2.28. The molecule has 0 radical (unpaired) electrons. The molecule has 8 heteroatoms. The molecule has 2 N–H and O–H groups in total. The summed E-state index contributed by atoms with van der Waals surface area (Å²) in [6, 6.07) is 10.1. The van der Waals surface area contributed by atoms with E-state index in [1.54, 1.807) is 54.7 Å².